The monoisotopic (exact) mass is 305 g/mol. The second kappa shape index (κ2) is 6.80. The third-order valence-corrected chi connectivity index (χ3v) is 3.12. The van der Waals surface area contributed by atoms with Crippen molar-refractivity contribution in [3.8, 4) is 5.75 Å². The molecule has 0 fully saturated rings. The number of methoxy groups -OCH3 is 1. The third kappa shape index (κ3) is 4.25. The first-order valence-corrected chi connectivity index (χ1v) is 6.96. The summed E-state index contributed by atoms with van der Waals surface area (Å²) in [4.78, 5) is 12.0. The summed E-state index contributed by atoms with van der Waals surface area (Å²) in [6.45, 7) is 3.72. The number of anilines is 2. The normalized spacial score (nSPS) is 9.86. The summed E-state index contributed by atoms with van der Waals surface area (Å²) >= 11 is 1.21. The van der Waals surface area contributed by atoms with E-state index in [-0.39, 0.29) is 5.91 Å². The smallest absolute Gasteiger partial charge is 0.257 e. The molecule has 0 atom stereocenters. The summed E-state index contributed by atoms with van der Waals surface area (Å²) in [5.41, 5.74) is 4.14. The molecule has 0 bridgehead atoms. The van der Waals surface area contributed by atoms with Crippen molar-refractivity contribution >= 4 is 33.2 Å². The quantitative estimate of drug-likeness (QED) is 0.655. The number of nitrogens with zero attached hydrogens (tertiary/aromatic N) is 3. The van der Waals surface area contributed by atoms with Crippen LogP contribution in [0.5, 0.6) is 5.75 Å². The Labute approximate surface area is 126 Å². The molecule has 0 unspecified atom stereocenters. The highest BCUT2D eigenvalue weighted by Gasteiger charge is 2.10. The summed E-state index contributed by atoms with van der Waals surface area (Å²) in [6.07, 6.45) is 0. The van der Waals surface area contributed by atoms with Gasteiger partial charge in [-0.3, -0.25) is 15.5 Å². The lowest BCUT2D eigenvalue weighted by atomic mass is 10.2. The molecule has 2 aromatic rings. The van der Waals surface area contributed by atoms with Crippen molar-refractivity contribution in [2.24, 2.45) is 5.10 Å². The minimum atomic E-state index is -0.254. The molecule has 0 saturated heterocycles. The number of rotatable bonds is 5. The van der Waals surface area contributed by atoms with E-state index in [1.807, 2.05) is 13.8 Å². The molecular formula is C13H15N5O2S. The number of hydrogen-bond acceptors (Lipinski definition) is 7. The van der Waals surface area contributed by atoms with Gasteiger partial charge in [0.2, 0.25) is 10.3 Å². The van der Waals surface area contributed by atoms with Crippen LogP contribution in [0.2, 0.25) is 0 Å². The molecule has 0 aliphatic carbocycles. The van der Waals surface area contributed by atoms with Gasteiger partial charge in [0.25, 0.3) is 5.91 Å². The molecule has 21 heavy (non-hydrogen) atoms. The standard InChI is InChI=1S/C13H15N5O2S/c1-8(2)15-17-13-18-16-12(21-13)14-11(19)9-4-6-10(20-3)7-5-9/h4-7H,1-3H3,(H,17,18)(H,14,16,19). The van der Waals surface area contributed by atoms with Crippen molar-refractivity contribution < 1.29 is 9.53 Å². The Morgan fingerprint density at radius 3 is 2.48 bits per heavy atom. The number of nitrogens with one attached hydrogen (secondary N) is 2. The number of hydrazone groups is 1. The number of ether oxygens (including phenoxy) is 1. The number of carbonyl (C=O) groups is 1. The van der Waals surface area contributed by atoms with Crippen molar-refractivity contribution in [1.29, 1.82) is 0 Å². The molecule has 8 heteroatoms. The van der Waals surface area contributed by atoms with Gasteiger partial charge in [-0.15, -0.1) is 10.2 Å². The average molecular weight is 305 g/mol. The van der Waals surface area contributed by atoms with Gasteiger partial charge in [0.1, 0.15) is 5.75 Å². The van der Waals surface area contributed by atoms with Crippen molar-refractivity contribution in [1.82, 2.24) is 10.2 Å². The summed E-state index contributed by atoms with van der Waals surface area (Å²) in [6, 6.07) is 6.81. The summed E-state index contributed by atoms with van der Waals surface area (Å²) in [5, 5.41) is 15.4. The highest BCUT2D eigenvalue weighted by molar-refractivity contribution is 7.19. The van der Waals surface area contributed by atoms with Crippen LogP contribution in [0.15, 0.2) is 29.4 Å². The van der Waals surface area contributed by atoms with Gasteiger partial charge in [-0.05, 0) is 38.1 Å². The van der Waals surface area contributed by atoms with Crippen LogP contribution in [-0.2, 0) is 0 Å². The highest BCUT2D eigenvalue weighted by Crippen LogP contribution is 2.21. The fraction of sp³-hybridized carbons (Fsp3) is 0.231. The van der Waals surface area contributed by atoms with Gasteiger partial charge < -0.3 is 4.74 Å². The van der Waals surface area contributed by atoms with E-state index in [2.05, 4.69) is 26.0 Å². The van der Waals surface area contributed by atoms with Gasteiger partial charge in [0.15, 0.2) is 0 Å². The van der Waals surface area contributed by atoms with Crippen LogP contribution in [0.3, 0.4) is 0 Å². The third-order valence-electron chi connectivity index (χ3n) is 2.37. The molecule has 1 heterocycles. The first-order valence-electron chi connectivity index (χ1n) is 6.14. The maximum atomic E-state index is 12.0. The first kappa shape index (κ1) is 14.9. The van der Waals surface area contributed by atoms with E-state index in [1.54, 1.807) is 31.4 Å². The van der Waals surface area contributed by atoms with Gasteiger partial charge in [0, 0.05) is 11.3 Å². The minimum absolute atomic E-state index is 0.254. The Morgan fingerprint density at radius 2 is 1.86 bits per heavy atom. The zero-order valence-electron chi connectivity index (χ0n) is 11.9. The lowest BCUT2D eigenvalue weighted by Crippen LogP contribution is -2.11. The molecule has 0 saturated carbocycles. The van der Waals surface area contributed by atoms with E-state index in [0.717, 1.165) is 5.71 Å². The molecule has 1 aromatic heterocycles. The molecular weight excluding hydrogens is 290 g/mol. The molecule has 7 nitrogen and oxygen atoms in total. The van der Waals surface area contributed by atoms with Gasteiger partial charge in [-0.1, -0.05) is 11.3 Å². The van der Waals surface area contributed by atoms with Crippen molar-refractivity contribution in [3.05, 3.63) is 29.8 Å². The van der Waals surface area contributed by atoms with E-state index in [0.29, 0.717) is 21.6 Å². The molecule has 1 amide bonds. The summed E-state index contributed by atoms with van der Waals surface area (Å²) in [7, 11) is 1.57. The maximum absolute atomic E-state index is 12.0. The molecule has 0 spiro atoms. The predicted molar refractivity (Wildman–Crippen MR) is 83.3 cm³/mol. The van der Waals surface area contributed by atoms with Crippen molar-refractivity contribution in [3.63, 3.8) is 0 Å². The summed E-state index contributed by atoms with van der Waals surface area (Å²) in [5.74, 6) is 0.442. The van der Waals surface area contributed by atoms with Crippen LogP contribution in [0, 0.1) is 0 Å². The van der Waals surface area contributed by atoms with Crippen LogP contribution in [-0.4, -0.2) is 28.9 Å². The Morgan fingerprint density at radius 1 is 1.19 bits per heavy atom. The lowest BCUT2D eigenvalue weighted by molar-refractivity contribution is 0.102. The topological polar surface area (TPSA) is 88.5 Å². The van der Waals surface area contributed by atoms with Gasteiger partial charge in [0.05, 0.1) is 7.11 Å². The number of carbonyl (C=O) groups excluding carboxylic acids is 1. The number of amides is 1. The highest BCUT2D eigenvalue weighted by atomic mass is 32.1. The van der Waals surface area contributed by atoms with Gasteiger partial charge in [-0.2, -0.15) is 5.10 Å². The first-order chi connectivity index (χ1) is 10.1. The molecule has 0 aliphatic rings. The molecule has 2 N–H and O–H groups in total. The minimum Gasteiger partial charge on any atom is -0.497 e. The predicted octanol–water partition coefficient (Wildman–Crippen LogP) is 2.61. The maximum Gasteiger partial charge on any atom is 0.257 e. The molecule has 2 rings (SSSR count). The van der Waals surface area contributed by atoms with E-state index in [1.165, 1.54) is 11.3 Å². The SMILES string of the molecule is COc1ccc(C(=O)Nc2nnc(NN=C(C)C)s2)cc1. The summed E-state index contributed by atoms with van der Waals surface area (Å²) < 4.78 is 5.04. The Hall–Kier alpha value is -2.48. The van der Waals surface area contributed by atoms with E-state index in [9.17, 15) is 4.79 Å². The Balaban J connectivity index is 2.00. The van der Waals surface area contributed by atoms with E-state index in [4.69, 9.17) is 4.74 Å². The van der Waals surface area contributed by atoms with Crippen LogP contribution < -0.4 is 15.5 Å². The van der Waals surface area contributed by atoms with Gasteiger partial charge >= 0.3 is 0 Å². The molecule has 110 valence electrons. The second-order valence-electron chi connectivity index (χ2n) is 4.27. The zero-order chi connectivity index (χ0) is 15.2. The Kier molecular flexibility index (Phi) is 4.83. The van der Waals surface area contributed by atoms with Crippen LogP contribution in [0.25, 0.3) is 0 Å². The fourth-order valence-corrected chi connectivity index (χ4v) is 1.97. The van der Waals surface area contributed by atoms with Crippen LogP contribution >= 0.6 is 11.3 Å². The molecule has 0 radical (unpaired) electrons. The zero-order valence-corrected chi connectivity index (χ0v) is 12.7. The second-order valence-corrected chi connectivity index (χ2v) is 5.24. The Bertz CT molecular complexity index is 647. The van der Waals surface area contributed by atoms with Crippen LogP contribution in [0.1, 0.15) is 24.2 Å². The van der Waals surface area contributed by atoms with E-state index < -0.39 is 0 Å². The van der Waals surface area contributed by atoms with Crippen LogP contribution in [0.4, 0.5) is 10.3 Å². The average Bonchev–Trinajstić information content (AvgIpc) is 2.92. The number of hydrogen-bond donors (Lipinski definition) is 2. The van der Waals surface area contributed by atoms with Crippen molar-refractivity contribution in [2.45, 2.75) is 13.8 Å². The largest absolute Gasteiger partial charge is 0.497 e. The molecule has 0 aliphatic heterocycles. The van der Waals surface area contributed by atoms with Gasteiger partial charge in [-0.25, -0.2) is 0 Å². The fourth-order valence-electron chi connectivity index (χ4n) is 1.39. The van der Waals surface area contributed by atoms with Crippen molar-refractivity contribution in [2.75, 3.05) is 17.9 Å². The number of benzene rings is 1. The number of aromatic nitrogens is 2. The molecule has 1 aromatic carbocycles. The lowest BCUT2D eigenvalue weighted by Gasteiger charge is -2.02. The van der Waals surface area contributed by atoms with E-state index >= 15 is 0 Å².